The number of para-hydroxylation sites is 2. The number of amides is 2. The van der Waals surface area contributed by atoms with Crippen LogP contribution in [0.1, 0.15) is 18.1 Å². The molecule has 2 aromatic carbocycles. The molecule has 122 valence electrons. The van der Waals surface area contributed by atoms with Gasteiger partial charge in [0.1, 0.15) is 0 Å². The number of aliphatic hydroxyl groups excluding tert-OH is 1. The van der Waals surface area contributed by atoms with Crippen LogP contribution in [0.3, 0.4) is 0 Å². The van der Waals surface area contributed by atoms with E-state index < -0.39 is 6.10 Å². The predicted octanol–water partition coefficient (Wildman–Crippen LogP) is 3.00. The first-order valence-electron chi connectivity index (χ1n) is 7.62. The molecule has 3 N–H and O–H groups in total. The Morgan fingerprint density at radius 1 is 1.09 bits per heavy atom. The van der Waals surface area contributed by atoms with Gasteiger partial charge in [-0.3, -0.25) is 0 Å². The summed E-state index contributed by atoms with van der Waals surface area (Å²) in [5, 5.41) is 15.7. The van der Waals surface area contributed by atoms with E-state index in [0.717, 1.165) is 16.9 Å². The first-order chi connectivity index (χ1) is 11.1. The van der Waals surface area contributed by atoms with E-state index in [1.165, 1.54) is 0 Å². The monoisotopic (exact) mass is 313 g/mol. The Labute approximate surface area is 136 Å². The maximum atomic E-state index is 12.0. The third kappa shape index (κ3) is 5.00. The van der Waals surface area contributed by atoms with E-state index >= 15 is 0 Å². The maximum absolute atomic E-state index is 12.0. The summed E-state index contributed by atoms with van der Waals surface area (Å²) >= 11 is 0. The average molecular weight is 313 g/mol. The summed E-state index contributed by atoms with van der Waals surface area (Å²) in [6.45, 7) is 0.395. The molecule has 0 aliphatic rings. The van der Waals surface area contributed by atoms with Crippen molar-refractivity contribution in [3.05, 3.63) is 60.2 Å². The minimum Gasteiger partial charge on any atom is -0.388 e. The third-order valence-corrected chi connectivity index (χ3v) is 3.52. The van der Waals surface area contributed by atoms with Gasteiger partial charge in [0.05, 0.1) is 17.5 Å². The quantitative estimate of drug-likeness (QED) is 0.768. The number of aliphatic hydroxyl groups is 1. The molecule has 0 radical (unpaired) electrons. The van der Waals surface area contributed by atoms with Crippen molar-refractivity contribution in [2.45, 2.75) is 12.5 Å². The summed E-state index contributed by atoms with van der Waals surface area (Å²) in [4.78, 5) is 13.9. The van der Waals surface area contributed by atoms with E-state index in [2.05, 4.69) is 10.6 Å². The smallest absolute Gasteiger partial charge is 0.319 e. The molecule has 0 aliphatic heterocycles. The molecule has 5 heteroatoms. The summed E-state index contributed by atoms with van der Waals surface area (Å²) < 4.78 is 0. The Morgan fingerprint density at radius 2 is 1.74 bits per heavy atom. The van der Waals surface area contributed by atoms with Gasteiger partial charge in [-0.05, 0) is 24.1 Å². The fourth-order valence-corrected chi connectivity index (χ4v) is 2.30. The Hall–Kier alpha value is -2.53. The van der Waals surface area contributed by atoms with E-state index in [9.17, 15) is 9.90 Å². The second kappa shape index (κ2) is 8.19. The van der Waals surface area contributed by atoms with Crippen LogP contribution in [0.25, 0.3) is 0 Å². The van der Waals surface area contributed by atoms with Crippen molar-refractivity contribution >= 4 is 17.4 Å². The fourth-order valence-electron chi connectivity index (χ4n) is 2.30. The van der Waals surface area contributed by atoms with Crippen molar-refractivity contribution in [1.82, 2.24) is 5.32 Å². The molecule has 2 aromatic rings. The zero-order valence-corrected chi connectivity index (χ0v) is 13.5. The highest BCUT2D eigenvalue weighted by molar-refractivity contribution is 5.93. The van der Waals surface area contributed by atoms with Crippen molar-refractivity contribution in [3.63, 3.8) is 0 Å². The number of urea groups is 1. The van der Waals surface area contributed by atoms with E-state index in [1.54, 1.807) is 0 Å². The summed E-state index contributed by atoms with van der Waals surface area (Å²) in [5.74, 6) is 0. The molecule has 0 saturated carbocycles. The lowest BCUT2D eigenvalue weighted by molar-refractivity contribution is 0.167. The van der Waals surface area contributed by atoms with Crippen LogP contribution in [0, 0.1) is 0 Å². The van der Waals surface area contributed by atoms with Gasteiger partial charge in [-0.25, -0.2) is 4.79 Å². The molecule has 0 fully saturated rings. The van der Waals surface area contributed by atoms with Gasteiger partial charge in [0, 0.05) is 20.6 Å². The maximum Gasteiger partial charge on any atom is 0.319 e. The molecule has 5 nitrogen and oxygen atoms in total. The summed E-state index contributed by atoms with van der Waals surface area (Å²) in [6.07, 6.45) is -0.113. The van der Waals surface area contributed by atoms with Gasteiger partial charge in [0.15, 0.2) is 0 Å². The number of hydrogen-bond donors (Lipinski definition) is 3. The minimum atomic E-state index is -0.578. The zero-order valence-electron chi connectivity index (χ0n) is 13.5. The first kappa shape index (κ1) is 16.8. The van der Waals surface area contributed by atoms with Crippen LogP contribution in [-0.2, 0) is 0 Å². The minimum absolute atomic E-state index is 0.278. The van der Waals surface area contributed by atoms with Gasteiger partial charge in [-0.2, -0.15) is 0 Å². The highest BCUT2D eigenvalue weighted by Gasteiger charge is 2.09. The summed E-state index contributed by atoms with van der Waals surface area (Å²) in [6, 6.07) is 16.7. The fraction of sp³-hybridized carbons (Fsp3) is 0.278. The summed E-state index contributed by atoms with van der Waals surface area (Å²) in [7, 11) is 3.85. The number of hydrogen-bond acceptors (Lipinski definition) is 3. The first-order valence-corrected chi connectivity index (χ1v) is 7.62. The molecule has 0 spiro atoms. The lowest BCUT2D eigenvalue weighted by atomic mass is 10.1. The molecule has 23 heavy (non-hydrogen) atoms. The van der Waals surface area contributed by atoms with Crippen LogP contribution in [0.5, 0.6) is 0 Å². The molecule has 0 aliphatic carbocycles. The number of rotatable bonds is 6. The van der Waals surface area contributed by atoms with Crippen molar-refractivity contribution in [1.29, 1.82) is 0 Å². The Bertz CT molecular complexity index is 629. The number of benzene rings is 2. The molecule has 2 amide bonds. The van der Waals surface area contributed by atoms with Crippen LogP contribution in [0.15, 0.2) is 54.6 Å². The molecule has 0 aromatic heterocycles. The molecule has 0 saturated heterocycles. The second-order valence-corrected chi connectivity index (χ2v) is 5.51. The topological polar surface area (TPSA) is 64.6 Å². The largest absolute Gasteiger partial charge is 0.388 e. The highest BCUT2D eigenvalue weighted by atomic mass is 16.3. The van der Waals surface area contributed by atoms with Gasteiger partial charge < -0.3 is 20.6 Å². The summed E-state index contributed by atoms with van der Waals surface area (Å²) in [5.41, 5.74) is 2.54. The lowest BCUT2D eigenvalue weighted by Gasteiger charge is -2.18. The van der Waals surface area contributed by atoms with Crippen LogP contribution >= 0.6 is 0 Å². The second-order valence-electron chi connectivity index (χ2n) is 5.51. The van der Waals surface area contributed by atoms with Crippen molar-refractivity contribution in [2.75, 3.05) is 30.9 Å². The van der Waals surface area contributed by atoms with Gasteiger partial charge >= 0.3 is 6.03 Å². The van der Waals surface area contributed by atoms with Crippen LogP contribution in [0.2, 0.25) is 0 Å². The molecule has 2 rings (SSSR count). The Balaban J connectivity index is 1.82. The van der Waals surface area contributed by atoms with Crippen LogP contribution in [0.4, 0.5) is 16.2 Å². The van der Waals surface area contributed by atoms with Gasteiger partial charge in [-0.1, -0.05) is 42.5 Å². The predicted molar refractivity (Wildman–Crippen MR) is 93.8 cm³/mol. The molecule has 1 unspecified atom stereocenters. The zero-order chi connectivity index (χ0) is 16.7. The lowest BCUT2D eigenvalue weighted by Crippen LogP contribution is -2.31. The van der Waals surface area contributed by atoms with Crippen molar-refractivity contribution in [3.8, 4) is 0 Å². The Kier molecular flexibility index (Phi) is 6.00. The van der Waals surface area contributed by atoms with E-state index in [1.807, 2.05) is 73.6 Å². The van der Waals surface area contributed by atoms with E-state index in [0.29, 0.717) is 13.0 Å². The van der Waals surface area contributed by atoms with Crippen LogP contribution in [-0.4, -0.2) is 31.8 Å². The van der Waals surface area contributed by atoms with Crippen molar-refractivity contribution < 1.29 is 9.90 Å². The van der Waals surface area contributed by atoms with E-state index in [-0.39, 0.29) is 6.03 Å². The number of carbonyl (C=O) groups is 1. The number of carbonyl (C=O) groups excluding carboxylic acids is 1. The molecular formula is C18H23N3O2. The number of nitrogens with zero attached hydrogens (tertiary/aromatic N) is 1. The molecule has 0 bridgehead atoms. The SMILES string of the molecule is CN(C)c1ccccc1NC(=O)NCCC(O)c1ccccc1. The number of anilines is 2. The van der Waals surface area contributed by atoms with E-state index in [4.69, 9.17) is 0 Å². The van der Waals surface area contributed by atoms with Gasteiger partial charge in [-0.15, -0.1) is 0 Å². The highest BCUT2D eigenvalue weighted by Crippen LogP contribution is 2.23. The number of nitrogens with one attached hydrogen (secondary N) is 2. The van der Waals surface area contributed by atoms with Gasteiger partial charge in [0.25, 0.3) is 0 Å². The standard InChI is InChI=1S/C18H23N3O2/c1-21(2)16-11-7-6-10-15(16)20-18(23)19-13-12-17(22)14-8-4-3-5-9-14/h3-11,17,22H,12-13H2,1-2H3,(H2,19,20,23). The third-order valence-electron chi connectivity index (χ3n) is 3.52. The molecule has 0 heterocycles. The average Bonchev–Trinajstić information content (AvgIpc) is 2.56. The van der Waals surface area contributed by atoms with Crippen molar-refractivity contribution in [2.24, 2.45) is 0 Å². The molecule has 1 atom stereocenters. The van der Waals surface area contributed by atoms with Gasteiger partial charge in [0.2, 0.25) is 0 Å². The Morgan fingerprint density at radius 3 is 2.43 bits per heavy atom. The normalized spacial score (nSPS) is 11.6. The molecular weight excluding hydrogens is 290 g/mol. The van der Waals surface area contributed by atoms with Crippen LogP contribution < -0.4 is 15.5 Å².